The first kappa shape index (κ1) is 13.5. The van der Waals surface area contributed by atoms with E-state index in [2.05, 4.69) is 4.98 Å². The van der Waals surface area contributed by atoms with Crippen LogP contribution in [0.1, 0.15) is 28.3 Å². The van der Waals surface area contributed by atoms with E-state index in [1.807, 2.05) is 60.3 Å². The van der Waals surface area contributed by atoms with Crippen molar-refractivity contribution in [1.29, 1.82) is 0 Å². The quantitative estimate of drug-likeness (QED) is 0.736. The number of hydrogen-bond acceptors (Lipinski definition) is 3. The Kier molecular flexibility index (Phi) is 3.72. The third-order valence-corrected chi connectivity index (χ3v) is 6.18. The van der Waals surface area contributed by atoms with E-state index in [1.54, 1.807) is 11.3 Å². The monoisotopic (exact) mass is 304 g/mol. The summed E-state index contributed by atoms with van der Waals surface area (Å²) in [6.45, 7) is 4.06. The largest absolute Gasteiger partial charge is 0.307 e. The normalized spacial score (nSPS) is 14.5. The fourth-order valence-corrected chi connectivity index (χ4v) is 4.37. The van der Waals surface area contributed by atoms with Crippen LogP contribution in [0.4, 0.5) is 0 Å². The van der Waals surface area contributed by atoms with Crippen LogP contribution >= 0.6 is 11.3 Å². The molecule has 0 aliphatic heterocycles. The maximum absolute atomic E-state index is 12.4. The summed E-state index contributed by atoms with van der Waals surface area (Å²) < 4.78 is 14.4. The van der Waals surface area contributed by atoms with Gasteiger partial charge in [0.05, 0.1) is 16.7 Å². The fraction of sp³-hybridized carbons (Fsp3) is 0.267. The minimum Gasteiger partial charge on any atom is -0.307 e. The first-order chi connectivity index (χ1) is 9.65. The maximum Gasteiger partial charge on any atom is 0.139 e. The molecule has 20 heavy (non-hydrogen) atoms. The molecule has 0 radical (unpaired) electrons. The Balaban J connectivity index is 1.82. The Labute approximate surface area is 124 Å². The number of nitrogens with zero attached hydrogens (tertiary/aromatic N) is 2. The molecule has 3 rings (SSSR count). The lowest BCUT2D eigenvalue weighted by Gasteiger charge is -2.07. The highest BCUT2D eigenvalue weighted by Crippen LogP contribution is 2.25. The number of aromatic nitrogens is 2. The van der Waals surface area contributed by atoms with Crippen LogP contribution in [-0.2, 0) is 16.6 Å². The summed E-state index contributed by atoms with van der Waals surface area (Å²) in [5.41, 5.74) is 2.97. The van der Waals surface area contributed by atoms with Crippen LogP contribution in [0.15, 0.2) is 42.0 Å². The lowest BCUT2D eigenvalue weighted by molar-refractivity contribution is 0.675. The number of pyridine rings is 1. The lowest BCUT2D eigenvalue weighted by atomic mass is 10.3. The van der Waals surface area contributed by atoms with Gasteiger partial charge in [-0.25, -0.2) is 4.98 Å². The molecule has 0 spiro atoms. The van der Waals surface area contributed by atoms with E-state index in [0.717, 1.165) is 16.9 Å². The third-order valence-electron chi connectivity index (χ3n) is 3.36. The molecule has 2 unspecified atom stereocenters. The molecule has 0 bridgehead atoms. The van der Waals surface area contributed by atoms with Gasteiger partial charge in [-0.1, -0.05) is 12.1 Å². The zero-order valence-corrected chi connectivity index (χ0v) is 13.1. The van der Waals surface area contributed by atoms with Gasteiger partial charge in [0.1, 0.15) is 5.65 Å². The van der Waals surface area contributed by atoms with Crippen LogP contribution in [0.2, 0.25) is 0 Å². The highest BCUT2D eigenvalue weighted by atomic mass is 32.2. The first-order valence-corrected chi connectivity index (χ1v) is 8.75. The van der Waals surface area contributed by atoms with Gasteiger partial charge < -0.3 is 4.40 Å². The molecule has 2 atom stereocenters. The van der Waals surface area contributed by atoms with E-state index in [4.69, 9.17) is 0 Å². The van der Waals surface area contributed by atoms with E-state index in [1.165, 1.54) is 4.88 Å². The van der Waals surface area contributed by atoms with Crippen molar-refractivity contribution in [2.75, 3.05) is 0 Å². The minimum atomic E-state index is -0.944. The lowest BCUT2D eigenvalue weighted by Crippen LogP contribution is -2.04. The van der Waals surface area contributed by atoms with E-state index in [9.17, 15) is 4.21 Å². The minimum absolute atomic E-state index is 0.0564. The Bertz CT molecular complexity index is 746. The van der Waals surface area contributed by atoms with Crippen molar-refractivity contribution in [2.24, 2.45) is 0 Å². The molecule has 3 heterocycles. The van der Waals surface area contributed by atoms with Crippen molar-refractivity contribution in [3.8, 4) is 0 Å². The number of thiophene rings is 1. The Hall–Kier alpha value is -1.46. The number of imidazole rings is 1. The number of hydrogen-bond donors (Lipinski definition) is 0. The molecular weight excluding hydrogens is 288 g/mol. The first-order valence-electron chi connectivity index (χ1n) is 6.49. The molecule has 0 saturated carbocycles. The summed E-state index contributed by atoms with van der Waals surface area (Å²) in [4.78, 5) is 5.76. The van der Waals surface area contributed by atoms with Crippen molar-refractivity contribution in [3.63, 3.8) is 0 Å². The SMILES string of the molecule is Cc1cccn2cc(CS(=O)C(C)c3cccs3)nc12. The topological polar surface area (TPSA) is 34.4 Å². The van der Waals surface area contributed by atoms with Gasteiger partial charge in [-0.15, -0.1) is 11.3 Å². The second-order valence-corrected chi connectivity index (χ2v) is 7.57. The van der Waals surface area contributed by atoms with E-state index < -0.39 is 10.8 Å². The van der Waals surface area contributed by atoms with Crippen LogP contribution in [0, 0.1) is 6.92 Å². The number of aryl methyl sites for hydroxylation is 1. The molecular formula is C15H16N2OS2. The number of fused-ring (bicyclic) bond motifs is 1. The van der Waals surface area contributed by atoms with Crippen LogP contribution in [0.3, 0.4) is 0 Å². The van der Waals surface area contributed by atoms with Gasteiger partial charge in [0.25, 0.3) is 0 Å². The third kappa shape index (κ3) is 2.55. The Morgan fingerprint density at radius 1 is 1.40 bits per heavy atom. The zero-order valence-electron chi connectivity index (χ0n) is 11.4. The van der Waals surface area contributed by atoms with Crippen molar-refractivity contribution in [2.45, 2.75) is 24.9 Å². The van der Waals surface area contributed by atoms with Gasteiger partial charge in [-0.2, -0.15) is 0 Å². The molecule has 3 aromatic rings. The van der Waals surface area contributed by atoms with Crippen molar-refractivity contribution in [3.05, 3.63) is 58.2 Å². The highest BCUT2D eigenvalue weighted by molar-refractivity contribution is 7.84. The average Bonchev–Trinajstić information content (AvgIpc) is 3.06. The van der Waals surface area contributed by atoms with Gasteiger partial charge in [0.15, 0.2) is 0 Å². The predicted octanol–water partition coefficient (Wildman–Crippen LogP) is 3.71. The summed E-state index contributed by atoms with van der Waals surface area (Å²) in [7, 11) is -0.944. The summed E-state index contributed by atoms with van der Waals surface area (Å²) in [5, 5.41) is 2.08. The van der Waals surface area contributed by atoms with Crippen LogP contribution < -0.4 is 0 Å². The molecule has 0 saturated heterocycles. The summed E-state index contributed by atoms with van der Waals surface area (Å²) in [6, 6.07) is 8.08. The highest BCUT2D eigenvalue weighted by Gasteiger charge is 2.16. The molecule has 0 N–H and O–H groups in total. The smallest absolute Gasteiger partial charge is 0.139 e. The van der Waals surface area contributed by atoms with Crippen molar-refractivity contribution >= 4 is 27.8 Å². The molecule has 0 aromatic carbocycles. The molecule has 104 valence electrons. The average molecular weight is 304 g/mol. The van der Waals surface area contributed by atoms with Crippen molar-refractivity contribution in [1.82, 2.24) is 9.38 Å². The van der Waals surface area contributed by atoms with E-state index >= 15 is 0 Å². The van der Waals surface area contributed by atoms with Gasteiger partial charge >= 0.3 is 0 Å². The van der Waals surface area contributed by atoms with Gasteiger partial charge in [0.2, 0.25) is 0 Å². The molecule has 3 aromatic heterocycles. The molecule has 0 fully saturated rings. The van der Waals surface area contributed by atoms with Crippen molar-refractivity contribution < 1.29 is 4.21 Å². The van der Waals surface area contributed by atoms with Crippen LogP contribution in [-0.4, -0.2) is 13.6 Å². The van der Waals surface area contributed by atoms with Gasteiger partial charge in [-0.3, -0.25) is 4.21 Å². The molecule has 0 aliphatic carbocycles. The van der Waals surface area contributed by atoms with Crippen LogP contribution in [0.25, 0.3) is 5.65 Å². The van der Waals surface area contributed by atoms with E-state index in [-0.39, 0.29) is 5.25 Å². The summed E-state index contributed by atoms with van der Waals surface area (Å²) in [5.74, 6) is 0.500. The fourth-order valence-electron chi connectivity index (χ4n) is 2.20. The summed E-state index contributed by atoms with van der Waals surface area (Å²) >= 11 is 1.66. The second kappa shape index (κ2) is 5.50. The van der Waals surface area contributed by atoms with E-state index in [0.29, 0.717) is 5.75 Å². The molecule has 3 nitrogen and oxygen atoms in total. The standard InChI is InChI=1S/C15H16N2OS2/c1-11-5-3-7-17-9-13(16-15(11)17)10-20(18)12(2)14-6-4-8-19-14/h3-9,12H,10H2,1-2H3. The maximum atomic E-state index is 12.4. The zero-order chi connectivity index (χ0) is 14.1. The Morgan fingerprint density at radius 2 is 2.25 bits per heavy atom. The predicted molar refractivity (Wildman–Crippen MR) is 84.5 cm³/mol. The Morgan fingerprint density at radius 3 is 2.95 bits per heavy atom. The van der Waals surface area contributed by atoms with Gasteiger partial charge in [0, 0.05) is 28.1 Å². The number of rotatable bonds is 4. The molecule has 0 aliphatic rings. The van der Waals surface area contributed by atoms with Crippen LogP contribution in [0.5, 0.6) is 0 Å². The second-order valence-electron chi connectivity index (χ2n) is 4.84. The molecule has 5 heteroatoms. The summed E-state index contributed by atoms with van der Waals surface area (Å²) in [6.07, 6.45) is 3.95. The molecule has 0 amide bonds. The van der Waals surface area contributed by atoms with Gasteiger partial charge in [-0.05, 0) is 36.9 Å².